The van der Waals surface area contributed by atoms with Gasteiger partial charge in [0.1, 0.15) is 0 Å². The minimum Gasteiger partial charge on any atom is -0.349 e. The number of rotatable bonds is 4. The van der Waals surface area contributed by atoms with Crippen molar-refractivity contribution in [1.82, 2.24) is 5.32 Å². The van der Waals surface area contributed by atoms with Crippen molar-refractivity contribution in [3.05, 3.63) is 59.2 Å². The lowest BCUT2D eigenvalue weighted by Gasteiger charge is -2.34. The summed E-state index contributed by atoms with van der Waals surface area (Å²) in [4.78, 5) is 28.7. The van der Waals surface area contributed by atoms with Crippen LogP contribution in [0.5, 0.6) is 0 Å². The third-order valence-electron chi connectivity index (χ3n) is 6.78. The first-order valence-corrected chi connectivity index (χ1v) is 11.8. The first kappa shape index (κ1) is 21.0. The van der Waals surface area contributed by atoms with Crippen molar-refractivity contribution >= 4 is 29.3 Å². The number of hydrogen-bond acceptors (Lipinski definition) is 3. The monoisotopic (exact) mass is 422 g/mol. The van der Waals surface area contributed by atoms with E-state index in [-0.39, 0.29) is 17.9 Å². The van der Waals surface area contributed by atoms with Gasteiger partial charge in [-0.3, -0.25) is 9.59 Å². The maximum absolute atomic E-state index is 13.0. The number of thioether (sulfide) groups is 1. The molecule has 1 aliphatic carbocycles. The van der Waals surface area contributed by atoms with Crippen LogP contribution in [-0.2, 0) is 11.3 Å². The summed E-state index contributed by atoms with van der Waals surface area (Å²) in [5.74, 6) is 1.59. The van der Waals surface area contributed by atoms with E-state index < -0.39 is 0 Å². The highest BCUT2D eigenvalue weighted by molar-refractivity contribution is 8.00. The number of amides is 2. The molecule has 0 saturated heterocycles. The number of carbonyl (C=O) groups is 2. The van der Waals surface area contributed by atoms with E-state index in [0.29, 0.717) is 29.7 Å². The van der Waals surface area contributed by atoms with Gasteiger partial charge in [-0.2, -0.15) is 0 Å². The van der Waals surface area contributed by atoms with Crippen molar-refractivity contribution < 1.29 is 9.59 Å². The van der Waals surface area contributed by atoms with E-state index in [1.165, 1.54) is 12.0 Å². The van der Waals surface area contributed by atoms with E-state index >= 15 is 0 Å². The van der Waals surface area contributed by atoms with E-state index in [1.54, 1.807) is 11.8 Å². The van der Waals surface area contributed by atoms with Gasteiger partial charge in [-0.15, -0.1) is 11.8 Å². The summed E-state index contributed by atoms with van der Waals surface area (Å²) in [7, 11) is 0. The highest BCUT2D eigenvalue weighted by Crippen LogP contribution is 2.37. The zero-order chi connectivity index (χ0) is 21.3. The van der Waals surface area contributed by atoms with Gasteiger partial charge in [0, 0.05) is 16.5 Å². The van der Waals surface area contributed by atoms with Crippen LogP contribution in [0.3, 0.4) is 0 Å². The molecule has 4 nitrogen and oxygen atoms in total. The third kappa shape index (κ3) is 4.27. The van der Waals surface area contributed by atoms with E-state index in [4.69, 9.17) is 0 Å². The number of fused-ring (bicyclic) bond motifs is 1. The van der Waals surface area contributed by atoms with Crippen molar-refractivity contribution in [2.75, 3.05) is 10.7 Å². The number of anilines is 1. The van der Waals surface area contributed by atoms with Crippen LogP contribution >= 0.6 is 11.8 Å². The Kier molecular flexibility index (Phi) is 6.19. The molecule has 1 heterocycles. The van der Waals surface area contributed by atoms with Gasteiger partial charge in [0.05, 0.1) is 18.0 Å². The second kappa shape index (κ2) is 8.84. The number of hydrogen-bond donors (Lipinski definition) is 1. The van der Waals surface area contributed by atoms with Crippen LogP contribution in [0.4, 0.5) is 5.69 Å². The Morgan fingerprint density at radius 1 is 1.17 bits per heavy atom. The van der Waals surface area contributed by atoms with Crippen LogP contribution in [0.25, 0.3) is 0 Å². The quantitative estimate of drug-likeness (QED) is 0.738. The molecule has 1 N–H and O–H groups in total. The Labute approximate surface area is 183 Å². The first-order chi connectivity index (χ1) is 14.4. The predicted octanol–water partition coefficient (Wildman–Crippen LogP) is 5.19. The fourth-order valence-electron chi connectivity index (χ4n) is 4.51. The minimum absolute atomic E-state index is 0.0392. The Balaban J connectivity index is 1.58. The molecule has 158 valence electrons. The smallest absolute Gasteiger partial charge is 0.251 e. The SMILES string of the molecule is Cc1ccccc1CN1C(=O)CSc2ccc(C(=O)N[C@@H]3CCC[C@@H](C)[C@@H]3C)cc21. The largest absolute Gasteiger partial charge is 0.349 e. The number of aryl methyl sites for hydroxylation is 1. The molecule has 3 atom stereocenters. The zero-order valence-corrected chi connectivity index (χ0v) is 18.8. The fourth-order valence-corrected chi connectivity index (χ4v) is 5.43. The normalized spacial score (nSPS) is 23.8. The van der Waals surface area contributed by atoms with E-state index in [0.717, 1.165) is 29.0 Å². The van der Waals surface area contributed by atoms with Crippen molar-refractivity contribution in [2.24, 2.45) is 11.8 Å². The van der Waals surface area contributed by atoms with Crippen molar-refractivity contribution in [3.63, 3.8) is 0 Å². The van der Waals surface area contributed by atoms with Crippen molar-refractivity contribution in [3.8, 4) is 0 Å². The molecule has 0 bridgehead atoms. The van der Waals surface area contributed by atoms with Crippen LogP contribution in [0.15, 0.2) is 47.4 Å². The molecule has 5 heteroatoms. The molecular formula is C25H30N2O2S. The lowest BCUT2D eigenvalue weighted by atomic mass is 9.78. The molecule has 1 saturated carbocycles. The number of benzene rings is 2. The molecule has 1 fully saturated rings. The second-order valence-corrected chi connectivity index (χ2v) is 9.74. The fraction of sp³-hybridized carbons (Fsp3) is 0.440. The average Bonchev–Trinajstić information content (AvgIpc) is 2.74. The summed E-state index contributed by atoms with van der Waals surface area (Å²) in [6.45, 7) is 7.10. The molecule has 2 aliphatic rings. The van der Waals surface area contributed by atoms with Crippen LogP contribution in [0.2, 0.25) is 0 Å². The summed E-state index contributed by atoms with van der Waals surface area (Å²) >= 11 is 1.55. The highest BCUT2D eigenvalue weighted by atomic mass is 32.2. The first-order valence-electron chi connectivity index (χ1n) is 10.9. The summed E-state index contributed by atoms with van der Waals surface area (Å²) < 4.78 is 0. The Morgan fingerprint density at radius 3 is 2.77 bits per heavy atom. The highest BCUT2D eigenvalue weighted by Gasteiger charge is 2.30. The van der Waals surface area contributed by atoms with Gasteiger partial charge in [0.15, 0.2) is 0 Å². The molecule has 1 aliphatic heterocycles. The van der Waals surface area contributed by atoms with E-state index in [9.17, 15) is 9.59 Å². The zero-order valence-electron chi connectivity index (χ0n) is 18.0. The van der Waals surface area contributed by atoms with Crippen LogP contribution in [-0.4, -0.2) is 23.6 Å². The van der Waals surface area contributed by atoms with Gasteiger partial charge in [-0.1, -0.05) is 51.0 Å². The number of nitrogens with one attached hydrogen (secondary N) is 1. The maximum atomic E-state index is 13.0. The van der Waals surface area contributed by atoms with Gasteiger partial charge >= 0.3 is 0 Å². The maximum Gasteiger partial charge on any atom is 0.251 e. The Hall–Kier alpha value is -2.27. The Morgan fingerprint density at radius 2 is 1.97 bits per heavy atom. The summed E-state index contributed by atoms with van der Waals surface area (Å²) in [5, 5.41) is 3.26. The lowest BCUT2D eigenvalue weighted by Crippen LogP contribution is -2.43. The number of carbonyl (C=O) groups excluding carboxylic acids is 2. The second-order valence-electron chi connectivity index (χ2n) is 8.72. The Bertz CT molecular complexity index is 958. The third-order valence-corrected chi connectivity index (χ3v) is 7.82. The number of nitrogens with zero attached hydrogens (tertiary/aromatic N) is 1. The summed E-state index contributed by atoms with van der Waals surface area (Å²) in [5.41, 5.74) is 3.77. The van der Waals surface area contributed by atoms with Gasteiger partial charge in [0.25, 0.3) is 5.91 Å². The predicted molar refractivity (Wildman–Crippen MR) is 123 cm³/mol. The van der Waals surface area contributed by atoms with Crippen LogP contribution in [0, 0.1) is 18.8 Å². The molecule has 2 aromatic carbocycles. The summed E-state index contributed by atoms with van der Waals surface area (Å²) in [6.07, 6.45) is 3.44. The van der Waals surface area contributed by atoms with Crippen molar-refractivity contribution in [2.45, 2.75) is 57.5 Å². The molecule has 4 rings (SSSR count). The van der Waals surface area contributed by atoms with Crippen LogP contribution < -0.4 is 10.2 Å². The summed E-state index contributed by atoms with van der Waals surface area (Å²) in [6, 6.07) is 14.1. The average molecular weight is 423 g/mol. The molecule has 0 unspecified atom stereocenters. The van der Waals surface area contributed by atoms with Gasteiger partial charge in [-0.25, -0.2) is 0 Å². The van der Waals surface area contributed by atoms with Gasteiger partial charge in [0.2, 0.25) is 5.91 Å². The molecule has 2 aromatic rings. The molecular weight excluding hydrogens is 392 g/mol. The molecule has 0 aromatic heterocycles. The van der Waals surface area contributed by atoms with Crippen molar-refractivity contribution in [1.29, 1.82) is 0 Å². The van der Waals surface area contributed by atoms with Gasteiger partial charge in [-0.05, 0) is 54.5 Å². The molecule has 0 spiro atoms. The van der Waals surface area contributed by atoms with Gasteiger partial charge < -0.3 is 10.2 Å². The minimum atomic E-state index is -0.0392. The molecule has 0 radical (unpaired) electrons. The van der Waals surface area contributed by atoms with E-state index in [1.807, 2.05) is 35.2 Å². The molecule has 30 heavy (non-hydrogen) atoms. The van der Waals surface area contributed by atoms with Crippen LogP contribution in [0.1, 0.15) is 54.6 Å². The topological polar surface area (TPSA) is 49.4 Å². The van der Waals surface area contributed by atoms with E-state index in [2.05, 4.69) is 38.2 Å². The standard InChI is InChI=1S/C25H30N2O2S/c1-16-8-6-10-21(18(16)3)26-25(29)19-11-12-23-22(13-19)27(24(28)15-30-23)14-20-9-5-4-7-17(20)2/h4-5,7,9,11-13,16,18,21H,6,8,10,14-15H2,1-3H3,(H,26,29)/t16-,18+,21-/m1/s1. The lowest BCUT2D eigenvalue weighted by molar-refractivity contribution is -0.116. The molecule has 2 amide bonds.